The number of thioether (sulfide) groups is 1. The van der Waals surface area contributed by atoms with Gasteiger partial charge in [-0.3, -0.25) is 14.5 Å². The Morgan fingerprint density at radius 2 is 2.00 bits per heavy atom. The number of nitrogens with zero attached hydrogens (tertiary/aromatic N) is 2. The lowest BCUT2D eigenvalue weighted by atomic mass is 10.2. The van der Waals surface area contributed by atoms with Crippen LogP contribution in [0.1, 0.15) is 18.9 Å². The molecule has 1 N–H and O–H groups in total. The van der Waals surface area contributed by atoms with Gasteiger partial charge in [0.25, 0.3) is 0 Å². The molecule has 0 unspecified atom stereocenters. The first-order chi connectivity index (χ1) is 13.5. The number of methoxy groups -OCH3 is 1. The molecule has 2 aromatic carbocycles. The predicted molar refractivity (Wildman–Crippen MR) is 113 cm³/mol. The van der Waals surface area contributed by atoms with E-state index in [0.29, 0.717) is 17.4 Å². The molecular weight excluding hydrogens is 374 g/mol. The number of amides is 2. The van der Waals surface area contributed by atoms with Gasteiger partial charge in [-0.05, 0) is 55.8 Å². The van der Waals surface area contributed by atoms with Crippen molar-refractivity contribution in [2.75, 3.05) is 19.0 Å². The maximum absolute atomic E-state index is 12.7. The highest BCUT2D eigenvalue weighted by Crippen LogP contribution is 2.32. The number of anilines is 1. The molecule has 1 heterocycles. The van der Waals surface area contributed by atoms with E-state index in [0.717, 1.165) is 17.0 Å². The number of hydrogen-bond donors (Lipinski definition) is 1. The van der Waals surface area contributed by atoms with Crippen LogP contribution in [0, 0.1) is 6.92 Å². The van der Waals surface area contributed by atoms with E-state index in [4.69, 9.17) is 4.74 Å². The highest BCUT2D eigenvalue weighted by molar-refractivity contribution is 8.15. The highest BCUT2D eigenvalue weighted by Gasteiger charge is 2.38. The number of hydrogen-bond acceptors (Lipinski definition) is 5. The Kier molecular flexibility index (Phi) is 6.36. The summed E-state index contributed by atoms with van der Waals surface area (Å²) in [4.78, 5) is 31.4. The Morgan fingerprint density at radius 1 is 1.25 bits per heavy atom. The Hall–Kier alpha value is -2.80. The number of nitrogens with one attached hydrogen (secondary N) is 1. The first kappa shape index (κ1) is 19.9. The van der Waals surface area contributed by atoms with E-state index in [2.05, 4.69) is 10.3 Å². The van der Waals surface area contributed by atoms with Crippen molar-refractivity contribution in [2.24, 2.45) is 4.99 Å². The van der Waals surface area contributed by atoms with Gasteiger partial charge in [-0.25, -0.2) is 4.99 Å². The zero-order valence-corrected chi connectivity index (χ0v) is 17.0. The van der Waals surface area contributed by atoms with E-state index in [1.54, 1.807) is 36.3 Å². The van der Waals surface area contributed by atoms with Gasteiger partial charge < -0.3 is 10.1 Å². The second-order valence-electron chi connectivity index (χ2n) is 6.40. The van der Waals surface area contributed by atoms with Crippen molar-refractivity contribution in [3.05, 3.63) is 54.1 Å². The van der Waals surface area contributed by atoms with Gasteiger partial charge in [0, 0.05) is 18.7 Å². The largest absolute Gasteiger partial charge is 0.497 e. The summed E-state index contributed by atoms with van der Waals surface area (Å²) < 4.78 is 5.11. The van der Waals surface area contributed by atoms with Crippen LogP contribution in [-0.2, 0) is 9.59 Å². The zero-order valence-electron chi connectivity index (χ0n) is 16.1. The van der Waals surface area contributed by atoms with Crippen LogP contribution in [0.3, 0.4) is 0 Å². The predicted octanol–water partition coefficient (Wildman–Crippen LogP) is 3.98. The van der Waals surface area contributed by atoms with E-state index in [-0.39, 0.29) is 18.2 Å². The van der Waals surface area contributed by atoms with Crippen LogP contribution >= 0.6 is 11.8 Å². The van der Waals surface area contributed by atoms with E-state index in [9.17, 15) is 9.59 Å². The third-order valence-corrected chi connectivity index (χ3v) is 5.48. The molecule has 0 saturated carbocycles. The van der Waals surface area contributed by atoms with Gasteiger partial charge in [-0.2, -0.15) is 0 Å². The number of carbonyl (C=O) groups is 2. The topological polar surface area (TPSA) is 71.0 Å². The Morgan fingerprint density at radius 3 is 2.64 bits per heavy atom. The monoisotopic (exact) mass is 397 g/mol. The maximum Gasteiger partial charge on any atom is 0.242 e. The van der Waals surface area contributed by atoms with Gasteiger partial charge in [0.15, 0.2) is 5.17 Å². The van der Waals surface area contributed by atoms with Gasteiger partial charge in [0.2, 0.25) is 11.8 Å². The van der Waals surface area contributed by atoms with Crippen LogP contribution in [-0.4, -0.2) is 40.8 Å². The minimum absolute atomic E-state index is 0.0798. The third-order valence-electron chi connectivity index (χ3n) is 4.31. The molecule has 0 radical (unpaired) electrons. The smallest absolute Gasteiger partial charge is 0.242 e. The Labute approximate surface area is 169 Å². The lowest BCUT2D eigenvalue weighted by molar-refractivity contribution is -0.128. The molecule has 1 aliphatic heterocycles. The van der Waals surface area contributed by atoms with Crippen molar-refractivity contribution < 1.29 is 14.3 Å². The molecular formula is C21H23N3O3S. The Balaban J connectivity index is 1.68. The Bertz CT molecular complexity index is 896. The maximum atomic E-state index is 12.7. The lowest BCUT2D eigenvalue weighted by Gasteiger charge is -2.13. The summed E-state index contributed by atoms with van der Waals surface area (Å²) in [5, 5.41) is 3.00. The van der Waals surface area contributed by atoms with Gasteiger partial charge in [-0.1, -0.05) is 23.9 Å². The van der Waals surface area contributed by atoms with Crippen LogP contribution in [0.25, 0.3) is 0 Å². The van der Waals surface area contributed by atoms with Crippen molar-refractivity contribution in [3.8, 4) is 5.75 Å². The highest BCUT2D eigenvalue weighted by atomic mass is 32.2. The van der Waals surface area contributed by atoms with E-state index >= 15 is 0 Å². The minimum atomic E-state index is -0.471. The fraction of sp³-hybridized carbons (Fsp3) is 0.286. The summed E-state index contributed by atoms with van der Waals surface area (Å²) in [7, 11) is 1.59. The number of carbonyl (C=O) groups excluding carboxylic acids is 2. The van der Waals surface area contributed by atoms with Crippen LogP contribution < -0.4 is 10.1 Å². The molecule has 1 fully saturated rings. The van der Waals surface area contributed by atoms with Crippen LogP contribution in [0.15, 0.2) is 53.5 Å². The molecule has 2 aromatic rings. The molecule has 0 aliphatic carbocycles. The number of amidine groups is 1. The first-order valence-electron chi connectivity index (χ1n) is 9.07. The minimum Gasteiger partial charge on any atom is -0.497 e. The van der Waals surface area contributed by atoms with Crippen LogP contribution in [0.5, 0.6) is 5.75 Å². The average Bonchev–Trinajstić information content (AvgIpc) is 2.96. The van der Waals surface area contributed by atoms with Crippen molar-refractivity contribution in [2.45, 2.75) is 25.5 Å². The van der Waals surface area contributed by atoms with Crippen LogP contribution in [0.2, 0.25) is 0 Å². The molecule has 1 saturated heterocycles. The van der Waals surface area contributed by atoms with Gasteiger partial charge in [0.1, 0.15) is 11.0 Å². The third kappa shape index (κ3) is 4.72. The summed E-state index contributed by atoms with van der Waals surface area (Å²) in [6.45, 7) is 4.43. The number of aryl methyl sites for hydroxylation is 1. The summed E-state index contributed by atoms with van der Waals surface area (Å²) in [5.41, 5.74) is 2.58. The zero-order chi connectivity index (χ0) is 20.1. The molecule has 1 aliphatic rings. The lowest BCUT2D eigenvalue weighted by Crippen LogP contribution is -2.33. The number of benzene rings is 2. The SMILES string of the molecule is CCN1C(=O)[C@H](CC(=O)Nc2ccc(OC)cc2)SC1=Nc1cccc(C)c1. The molecule has 2 amide bonds. The van der Waals surface area contributed by atoms with E-state index in [1.165, 1.54) is 11.8 Å². The first-order valence-corrected chi connectivity index (χ1v) is 9.95. The summed E-state index contributed by atoms with van der Waals surface area (Å²) in [5.74, 6) is 0.433. The second-order valence-corrected chi connectivity index (χ2v) is 7.57. The molecule has 1 atom stereocenters. The molecule has 0 bridgehead atoms. The van der Waals surface area contributed by atoms with Gasteiger partial charge in [0.05, 0.1) is 12.8 Å². The van der Waals surface area contributed by atoms with Crippen molar-refractivity contribution >= 4 is 40.1 Å². The number of ether oxygens (including phenoxy) is 1. The molecule has 0 spiro atoms. The molecule has 146 valence electrons. The fourth-order valence-corrected chi connectivity index (χ4v) is 4.10. The quantitative estimate of drug-likeness (QED) is 0.800. The van der Waals surface area contributed by atoms with Gasteiger partial charge >= 0.3 is 0 Å². The van der Waals surface area contributed by atoms with Crippen LogP contribution in [0.4, 0.5) is 11.4 Å². The standard InChI is InChI=1S/C21H23N3O3S/c1-4-24-20(26)18(28-21(24)23-16-7-5-6-14(2)12-16)13-19(25)22-15-8-10-17(27-3)11-9-15/h5-12,18H,4,13H2,1-3H3,(H,22,25)/t18-/m0/s1. The van der Waals surface area contributed by atoms with E-state index < -0.39 is 5.25 Å². The normalized spacial score (nSPS) is 17.8. The summed E-state index contributed by atoms with van der Waals surface area (Å²) in [6, 6.07) is 14.9. The summed E-state index contributed by atoms with van der Waals surface area (Å²) >= 11 is 1.34. The molecule has 28 heavy (non-hydrogen) atoms. The molecule has 6 nitrogen and oxygen atoms in total. The number of aliphatic imine (C=N–C) groups is 1. The van der Waals surface area contributed by atoms with Gasteiger partial charge in [-0.15, -0.1) is 0 Å². The van der Waals surface area contributed by atoms with Crippen molar-refractivity contribution in [3.63, 3.8) is 0 Å². The summed E-state index contributed by atoms with van der Waals surface area (Å²) in [6.07, 6.45) is 0.0961. The second kappa shape index (κ2) is 8.93. The number of rotatable bonds is 6. The molecule has 3 rings (SSSR count). The fourth-order valence-electron chi connectivity index (χ4n) is 2.88. The van der Waals surface area contributed by atoms with Crippen molar-refractivity contribution in [1.82, 2.24) is 4.90 Å². The van der Waals surface area contributed by atoms with E-state index in [1.807, 2.05) is 38.1 Å². The molecule has 0 aromatic heterocycles. The average molecular weight is 398 g/mol. The molecule has 7 heteroatoms. The van der Waals surface area contributed by atoms with Crippen molar-refractivity contribution in [1.29, 1.82) is 0 Å².